The Kier molecular flexibility index (Phi) is 6.04. The topological polar surface area (TPSA) is 116 Å². The third-order valence-electron chi connectivity index (χ3n) is 9.18. The van der Waals surface area contributed by atoms with Crippen molar-refractivity contribution in [3.05, 3.63) is 122 Å². The van der Waals surface area contributed by atoms with Crippen molar-refractivity contribution in [3.8, 4) is 11.5 Å². The molecule has 0 bridgehead atoms. The Morgan fingerprint density at radius 3 is 2.42 bits per heavy atom. The molecule has 0 radical (unpaired) electrons. The molecule has 0 spiro atoms. The van der Waals surface area contributed by atoms with Gasteiger partial charge in [0, 0.05) is 23.6 Å². The van der Waals surface area contributed by atoms with Gasteiger partial charge in [-0.25, -0.2) is 28.4 Å². The van der Waals surface area contributed by atoms with Crippen LogP contribution in [0.4, 0.5) is 5.69 Å². The lowest BCUT2D eigenvalue weighted by Gasteiger charge is -2.49. The predicted molar refractivity (Wildman–Crippen MR) is 159 cm³/mol. The van der Waals surface area contributed by atoms with Gasteiger partial charge in [0.1, 0.15) is 0 Å². The summed E-state index contributed by atoms with van der Waals surface area (Å²) in [4.78, 5) is 57.2. The number of allylic oxidation sites excluding steroid dienone is 2. The van der Waals surface area contributed by atoms with Crippen molar-refractivity contribution in [1.29, 1.82) is 0 Å². The second-order valence-electron chi connectivity index (χ2n) is 11.1. The molecule has 218 valence electrons. The predicted octanol–water partition coefficient (Wildman–Crippen LogP) is 3.51. The molecule has 1 saturated heterocycles. The molecular formula is C32H27ClN4O6. The van der Waals surface area contributed by atoms with Crippen LogP contribution in [0.15, 0.2) is 94.0 Å². The van der Waals surface area contributed by atoms with Gasteiger partial charge in [0.25, 0.3) is 0 Å². The Hall–Kier alpha value is -4.83. The fourth-order valence-electron chi connectivity index (χ4n) is 7.40. The van der Waals surface area contributed by atoms with Gasteiger partial charge in [-0.1, -0.05) is 66.2 Å². The Morgan fingerprint density at radius 2 is 1.70 bits per heavy atom. The molecule has 0 unspecified atom stereocenters. The highest BCUT2D eigenvalue weighted by molar-refractivity contribution is 6.32. The summed E-state index contributed by atoms with van der Waals surface area (Å²) in [5.41, 5.74) is -0.554. The fourth-order valence-corrected chi connectivity index (χ4v) is 7.58. The molecule has 2 aliphatic heterocycles. The minimum Gasteiger partial charge on any atom is -0.504 e. The number of halogens is 1. The van der Waals surface area contributed by atoms with Crippen molar-refractivity contribution in [2.24, 2.45) is 13.0 Å². The first-order valence-corrected chi connectivity index (χ1v) is 14.2. The number of phenols is 1. The number of benzene rings is 3. The number of hydrogen-bond donors (Lipinski definition) is 1. The van der Waals surface area contributed by atoms with Gasteiger partial charge in [0.05, 0.1) is 36.7 Å². The van der Waals surface area contributed by atoms with E-state index in [1.54, 1.807) is 42.5 Å². The number of carbonyl (C=O) groups excluding carboxylic acids is 2. The summed E-state index contributed by atoms with van der Waals surface area (Å²) >= 11 is 6.31. The number of carbonyl (C=O) groups is 2. The first-order valence-electron chi connectivity index (χ1n) is 13.8. The van der Waals surface area contributed by atoms with Crippen LogP contribution in [-0.4, -0.2) is 38.0 Å². The van der Waals surface area contributed by atoms with Gasteiger partial charge in [-0.15, -0.1) is 0 Å². The van der Waals surface area contributed by atoms with E-state index < -0.39 is 46.5 Å². The Bertz CT molecular complexity index is 1980. The van der Waals surface area contributed by atoms with Gasteiger partial charge < -0.3 is 9.84 Å². The number of para-hydroxylation sites is 1. The number of imide groups is 1. The number of anilines is 1. The molecule has 4 aromatic rings. The smallest absolute Gasteiger partial charge is 0.347 e. The summed E-state index contributed by atoms with van der Waals surface area (Å²) in [6.45, 7) is 0.0810. The Balaban J connectivity index is 1.58. The van der Waals surface area contributed by atoms with Crippen molar-refractivity contribution >= 4 is 29.1 Å². The van der Waals surface area contributed by atoms with Crippen LogP contribution in [0.1, 0.15) is 29.5 Å². The van der Waals surface area contributed by atoms with Gasteiger partial charge in [0.2, 0.25) is 11.8 Å². The zero-order valence-corrected chi connectivity index (χ0v) is 24.1. The maximum Gasteiger partial charge on any atom is 0.347 e. The van der Waals surface area contributed by atoms with Crippen molar-refractivity contribution in [2.75, 3.05) is 12.0 Å². The van der Waals surface area contributed by atoms with Crippen LogP contribution in [0.5, 0.6) is 11.5 Å². The Morgan fingerprint density at radius 1 is 0.953 bits per heavy atom. The molecule has 1 saturated carbocycles. The van der Waals surface area contributed by atoms with E-state index in [1.807, 2.05) is 36.4 Å². The number of methoxy groups -OCH3 is 1. The minimum atomic E-state index is -1.51. The third kappa shape index (κ3) is 3.53. The maximum absolute atomic E-state index is 15.1. The van der Waals surface area contributed by atoms with Crippen molar-refractivity contribution in [1.82, 2.24) is 13.9 Å². The number of hydrogen-bond acceptors (Lipinski definition) is 6. The minimum absolute atomic E-state index is 0.0763. The highest BCUT2D eigenvalue weighted by Gasteiger charge is 2.69. The van der Waals surface area contributed by atoms with E-state index in [2.05, 4.69) is 0 Å². The summed E-state index contributed by atoms with van der Waals surface area (Å²) in [5, 5.41) is 11.9. The Labute approximate surface area is 250 Å². The number of amides is 2. The molecular weight excluding hydrogens is 572 g/mol. The molecule has 1 aliphatic carbocycles. The highest BCUT2D eigenvalue weighted by Crippen LogP contribution is 2.63. The summed E-state index contributed by atoms with van der Waals surface area (Å²) in [6, 6.07) is 19.9. The SMILES string of the molecule is COc1cccc([C@H]2C3=CCn4c(=O)n(C)c(=O)n4[C@@H]3C[C@H]3C(=O)N(c4cccc(Cl)c4)C(=O)[C@@]23c2ccccc2)c1O. The number of aromatic hydroxyl groups is 1. The van der Waals surface area contributed by atoms with E-state index in [0.29, 0.717) is 27.4 Å². The molecule has 7 rings (SSSR count). The van der Waals surface area contributed by atoms with E-state index in [1.165, 1.54) is 28.4 Å². The van der Waals surface area contributed by atoms with Crippen LogP contribution in [-0.2, 0) is 28.6 Å². The van der Waals surface area contributed by atoms with Gasteiger partial charge in [-0.3, -0.25) is 9.59 Å². The first-order chi connectivity index (χ1) is 20.7. The van der Waals surface area contributed by atoms with Crippen LogP contribution in [0.3, 0.4) is 0 Å². The van der Waals surface area contributed by atoms with Gasteiger partial charge in [-0.05, 0) is 41.8 Å². The molecule has 1 aromatic heterocycles. The molecule has 3 heterocycles. The monoisotopic (exact) mass is 598 g/mol. The first kappa shape index (κ1) is 27.0. The van der Waals surface area contributed by atoms with Crippen molar-refractivity contribution < 1.29 is 19.4 Å². The molecule has 4 atom stereocenters. The third-order valence-corrected chi connectivity index (χ3v) is 9.42. The zero-order valence-electron chi connectivity index (χ0n) is 23.3. The summed E-state index contributed by atoms with van der Waals surface area (Å²) in [7, 11) is 2.85. The van der Waals surface area contributed by atoms with Gasteiger partial charge >= 0.3 is 11.4 Å². The lowest BCUT2D eigenvalue weighted by molar-refractivity contribution is -0.124. The van der Waals surface area contributed by atoms with E-state index in [4.69, 9.17) is 16.3 Å². The van der Waals surface area contributed by atoms with Crippen LogP contribution in [0, 0.1) is 5.92 Å². The van der Waals surface area contributed by atoms with Gasteiger partial charge in [-0.2, -0.15) is 0 Å². The molecule has 2 fully saturated rings. The van der Waals surface area contributed by atoms with Crippen LogP contribution in [0.2, 0.25) is 5.02 Å². The average Bonchev–Trinajstić information content (AvgIpc) is 3.38. The second kappa shape index (κ2) is 9.60. The molecule has 10 nitrogen and oxygen atoms in total. The van der Waals surface area contributed by atoms with E-state index >= 15 is 4.79 Å². The zero-order chi connectivity index (χ0) is 30.2. The number of rotatable bonds is 4. The lowest BCUT2D eigenvalue weighted by Crippen LogP contribution is -2.53. The number of ether oxygens (including phenoxy) is 1. The van der Waals surface area contributed by atoms with Crippen molar-refractivity contribution in [3.63, 3.8) is 0 Å². The average molecular weight is 599 g/mol. The van der Waals surface area contributed by atoms with Crippen LogP contribution < -0.4 is 21.0 Å². The van der Waals surface area contributed by atoms with Gasteiger partial charge in [0.15, 0.2) is 11.5 Å². The molecule has 2 amide bonds. The summed E-state index contributed by atoms with van der Waals surface area (Å²) in [5.74, 6) is -2.75. The quantitative estimate of drug-likeness (QED) is 0.284. The molecule has 3 aromatic carbocycles. The summed E-state index contributed by atoms with van der Waals surface area (Å²) in [6.07, 6.45) is 1.92. The molecule has 43 heavy (non-hydrogen) atoms. The highest BCUT2D eigenvalue weighted by atomic mass is 35.5. The van der Waals surface area contributed by atoms with E-state index in [0.717, 1.165) is 4.57 Å². The van der Waals surface area contributed by atoms with E-state index in [-0.39, 0.29) is 24.5 Å². The standard InChI is InChI=1S/C32H27ClN4O6/c1-34-30(41)35-15-14-21-24(37(35)31(34)42)17-23-28(39)36(20-11-6-10-19(33)16-20)29(40)32(23,18-8-4-3-5-9-18)26(21)22-12-7-13-25(43-2)27(22)38/h3-14,16,23-24,26,38H,15,17H2,1-2H3/t23-,24+,26+,32+/m0/s1. The number of fused-ring (bicyclic) bond motifs is 4. The van der Waals surface area contributed by atoms with Crippen LogP contribution in [0.25, 0.3) is 0 Å². The molecule has 11 heteroatoms. The maximum atomic E-state index is 15.1. The van der Waals surface area contributed by atoms with E-state index in [9.17, 15) is 19.5 Å². The largest absolute Gasteiger partial charge is 0.504 e. The second-order valence-corrected chi connectivity index (χ2v) is 11.5. The van der Waals surface area contributed by atoms with Crippen LogP contribution >= 0.6 is 11.6 Å². The number of phenolic OH excluding ortho intramolecular Hbond substituents is 1. The number of aromatic nitrogens is 3. The normalized spacial score (nSPS) is 24.3. The number of nitrogens with zero attached hydrogens (tertiary/aromatic N) is 4. The van der Waals surface area contributed by atoms with Crippen molar-refractivity contribution in [2.45, 2.75) is 30.3 Å². The fraction of sp³-hybridized carbons (Fsp3) is 0.250. The molecule has 3 aliphatic rings. The molecule has 1 N–H and O–H groups in total. The lowest BCUT2D eigenvalue weighted by atomic mass is 9.53. The summed E-state index contributed by atoms with van der Waals surface area (Å²) < 4.78 is 9.23.